The number of aryl methyl sites for hydroxylation is 1. The highest BCUT2D eigenvalue weighted by Crippen LogP contribution is 2.18. The zero-order valence-electron chi connectivity index (χ0n) is 15.7. The van der Waals surface area contributed by atoms with Crippen LogP contribution in [0.1, 0.15) is 36.7 Å². The first-order valence-electron chi connectivity index (χ1n) is 8.99. The van der Waals surface area contributed by atoms with Crippen LogP contribution in [0.25, 0.3) is 5.69 Å². The van der Waals surface area contributed by atoms with E-state index in [1.807, 2.05) is 22.9 Å². The molecule has 1 aromatic heterocycles. The number of halogens is 1. The Hall–Kier alpha value is -1.83. The maximum Gasteiger partial charge on any atom is 0.191 e. The Morgan fingerprint density at radius 2 is 1.88 bits per heavy atom. The lowest BCUT2D eigenvalue weighted by Crippen LogP contribution is -2.42. The van der Waals surface area contributed by atoms with E-state index in [1.165, 1.54) is 5.56 Å². The van der Waals surface area contributed by atoms with Crippen LogP contribution in [0.3, 0.4) is 0 Å². The van der Waals surface area contributed by atoms with Crippen molar-refractivity contribution in [2.75, 3.05) is 6.54 Å². The number of hydrogen-bond acceptors (Lipinski definition) is 2. The highest BCUT2D eigenvalue weighted by Gasteiger charge is 2.14. The van der Waals surface area contributed by atoms with Crippen LogP contribution >= 0.6 is 24.0 Å². The molecule has 0 aliphatic heterocycles. The predicted octanol–water partition coefficient (Wildman–Crippen LogP) is 3.88. The maximum absolute atomic E-state index is 4.79. The van der Waals surface area contributed by atoms with E-state index < -0.39 is 0 Å². The summed E-state index contributed by atoms with van der Waals surface area (Å²) in [6.45, 7) is 7.73. The van der Waals surface area contributed by atoms with E-state index in [4.69, 9.17) is 10.1 Å². The lowest BCUT2D eigenvalue weighted by molar-refractivity contribution is 0.633. The summed E-state index contributed by atoms with van der Waals surface area (Å²) < 4.78 is 2.00. The molecule has 0 fully saturated rings. The van der Waals surface area contributed by atoms with Crippen LogP contribution in [0.2, 0.25) is 0 Å². The first-order chi connectivity index (χ1) is 12.2. The van der Waals surface area contributed by atoms with Crippen molar-refractivity contribution in [1.29, 1.82) is 0 Å². The maximum atomic E-state index is 4.79. The summed E-state index contributed by atoms with van der Waals surface area (Å²) in [5, 5.41) is 11.6. The van der Waals surface area contributed by atoms with E-state index in [1.54, 1.807) is 0 Å². The molecule has 1 aliphatic rings. The average Bonchev–Trinajstić information content (AvgIpc) is 3.22. The Balaban J connectivity index is 0.00000243. The number of guanidine groups is 1. The molecule has 2 aromatic rings. The summed E-state index contributed by atoms with van der Waals surface area (Å²) in [6.07, 6.45) is 6.57. The van der Waals surface area contributed by atoms with Gasteiger partial charge in [0.1, 0.15) is 0 Å². The molecule has 0 spiro atoms. The van der Waals surface area contributed by atoms with E-state index in [9.17, 15) is 0 Å². The van der Waals surface area contributed by atoms with E-state index in [0.29, 0.717) is 12.6 Å². The van der Waals surface area contributed by atoms with E-state index in [-0.39, 0.29) is 24.0 Å². The molecule has 5 nitrogen and oxygen atoms in total. The standard InChI is InChI=1S/C20H27N5.HI/c1-4-21-20(23-17-10-8-9-11-17)22-14-19-15(2)24-25(16(19)3)18-12-6-5-7-13-18;/h5-9,12-13,17H,4,10-11,14H2,1-3H3,(H2,21,22,23);1H. The first kappa shape index (κ1) is 20.5. The van der Waals surface area contributed by atoms with Crippen LogP contribution in [0.15, 0.2) is 47.5 Å². The average molecular weight is 465 g/mol. The Labute approximate surface area is 173 Å². The van der Waals surface area contributed by atoms with Gasteiger partial charge in [0, 0.05) is 23.8 Å². The minimum atomic E-state index is 0. The fourth-order valence-corrected chi connectivity index (χ4v) is 3.13. The monoisotopic (exact) mass is 465 g/mol. The summed E-state index contributed by atoms with van der Waals surface area (Å²) in [4.78, 5) is 4.79. The predicted molar refractivity (Wildman–Crippen MR) is 119 cm³/mol. The van der Waals surface area contributed by atoms with Gasteiger partial charge in [-0.15, -0.1) is 24.0 Å². The van der Waals surface area contributed by atoms with Crippen molar-refractivity contribution in [2.24, 2.45) is 4.99 Å². The molecule has 1 heterocycles. The molecule has 3 rings (SSSR count). The number of aliphatic imine (C=N–C) groups is 1. The largest absolute Gasteiger partial charge is 0.357 e. The number of nitrogens with zero attached hydrogens (tertiary/aromatic N) is 3. The molecule has 0 bridgehead atoms. The Kier molecular flexibility index (Phi) is 7.68. The van der Waals surface area contributed by atoms with Crippen LogP contribution in [-0.4, -0.2) is 28.3 Å². The van der Waals surface area contributed by atoms with Crippen molar-refractivity contribution in [3.05, 3.63) is 59.4 Å². The van der Waals surface area contributed by atoms with Gasteiger partial charge in [0.15, 0.2) is 5.96 Å². The third-order valence-electron chi connectivity index (χ3n) is 4.53. The second kappa shape index (κ2) is 9.75. The second-order valence-corrected chi connectivity index (χ2v) is 6.38. The van der Waals surface area contributed by atoms with Gasteiger partial charge in [-0.05, 0) is 45.7 Å². The molecular formula is C20H28IN5. The summed E-state index contributed by atoms with van der Waals surface area (Å²) in [5.74, 6) is 0.877. The highest BCUT2D eigenvalue weighted by molar-refractivity contribution is 14.0. The number of aromatic nitrogens is 2. The molecular weight excluding hydrogens is 437 g/mol. The van der Waals surface area contributed by atoms with E-state index in [2.05, 4.69) is 55.7 Å². The van der Waals surface area contributed by atoms with Gasteiger partial charge < -0.3 is 10.6 Å². The summed E-state index contributed by atoms with van der Waals surface area (Å²) in [7, 11) is 0. The van der Waals surface area contributed by atoms with Gasteiger partial charge >= 0.3 is 0 Å². The Bertz CT molecular complexity index is 756. The Morgan fingerprint density at radius 3 is 2.54 bits per heavy atom. The molecule has 0 radical (unpaired) electrons. The third-order valence-corrected chi connectivity index (χ3v) is 4.53. The molecule has 1 aliphatic carbocycles. The molecule has 1 aromatic carbocycles. The molecule has 0 saturated carbocycles. The highest BCUT2D eigenvalue weighted by atomic mass is 127. The lowest BCUT2D eigenvalue weighted by atomic mass is 10.2. The fraction of sp³-hybridized carbons (Fsp3) is 0.400. The molecule has 26 heavy (non-hydrogen) atoms. The Morgan fingerprint density at radius 1 is 1.19 bits per heavy atom. The van der Waals surface area contributed by atoms with Gasteiger partial charge in [0.25, 0.3) is 0 Å². The zero-order chi connectivity index (χ0) is 17.6. The van der Waals surface area contributed by atoms with Crippen LogP contribution in [0.4, 0.5) is 0 Å². The second-order valence-electron chi connectivity index (χ2n) is 6.38. The van der Waals surface area contributed by atoms with Gasteiger partial charge in [0.2, 0.25) is 0 Å². The molecule has 140 valence electrons. The van der Waals surface area contributed by atoms with E-state index in [0.717, 1.165) is 42.4 Å². The van der Waals surface area contributed by atoms with Crippen LogP contribution < -0.4 is 10.6 Å². The summed E-state index contributed by atoms with van der Waals surface area (Å²) in [6, 6.07) is 10.7. The smallest absolute Gasteiger partial charge is 0.191 e. The third kappa shape index (κ3) is 4.87. The molecule has 2 N–H and O–H groups in total. The first-order valence-corrected chi connectivity index (χ1v) is 8.99. The topological polar surface area (TPSA) is 54.2 Å². The van der Waals surface area contributed by atoms with Gasteiger partial charge in [-0.1, -0.05) is 30.4 Å². The van der Waals surface area contributed by atoms with Crippen molar-refractivity contribution in [3.63, 3.8) is 0 Å². The number of para-hydroxylation sites is 1. The van der Waals surface area contributed by atoms with Gasteiger partial charge in [-0.25, -0.2) is 9.67 Å². The van der Waals surface area contributed by atoms with Crippen molar-refractivity contribution >= 4 is 29.9 Å². The minimum Gasteiger partial charge on any atom is -0.357 e. The van der Waals surface area contributed by atoms with Crippen molar-refractivity contribution < 1.29 is 0 Å². The minimum absolute atomic E-state index is 0. The van der Waals surface area contributed by atoms with Crippen molar-refractivity contribution in [2.45, 2.75) is 46.2 Å². The number of hydrogen-bond donors (Lipinski definition) is 2. The molecule has 0 saturated heterocycles. The van der Waals surface area contributed by atoms with Crippen LogP contribution in [-0.2, 0) is 6.54 Å². The SMILES string of the molecule is CCNC(=NCc1c(C)nn(-c2ccccc2)c1C)NC1CC=CC1.I. The van der Waals surface area contributed by atoms with Gasteiger partial charge in [-0.3, -0.25) is 0 Å². The zero-order valence-corrected chi connectivity index (χ0v) is 18.0. The van der Waals surface area contributed by atoms with Crippen molar-refractivity contribution in [1.82, 2.24) is 20.4 Å². The van der Waals surface area contributed by atoms with Crippen molar-refractivity contribution in [3.8, 4) is 5.69 Å². The van der Waals surface area contributed by atoms with Gasteiger partial charge in [-0.2, -0.15) is 5.10 Å². The van der Waals surface area contributed by atoms with E-state index >= 15 is 0 Å². The number of rotatable bonds is 5. The molecule has 0 amide bonds. The fourth-order valence-electron chi connectivity index (χ4n) is 3.13. The van der Waals surface area contributed by atoms with Crippen LogP contribution in [0.5, 0.6) is 0 Å². The summed E-state index contributed by atoms with van der Waals surface area (Å²) in [5.41, 5.74) is 4.44. The molecule has 0 unspecified atom stereocenters. The molecule has 0 atom stereocenters. The van der Waals surface area contributed by atoms with Gasteiger partial charge in [0.05, 0.1) is 17.9 Å². The normalized spacial score (nSPS) is 14.3. The van der Waals surface area contributed by atoms with Crippen LogP contribution in [0, 0.1) is 13.8 Å². The number of benzene rings is 1. The molecule has 6 heteroatoms. The number of nitrogens with one attached hydrogen (secondary N) is 2. The summed E-state index contributed by atoms with van der Waals surface area (Å²) >= 11 is 0. The quantitative estimate of drug-likeness (QED) is 0.305. The lowest BCUT2D eigenvalue weighted by Gasteiger charge is -2.16.